The third kappa shape index (κ3) is 6.46. The van der Waals surface area contributed by atoms with E-state index in [9.17, 15) is 13.2 Å². The Morgan fingerprint density at radius 1 is 1.50 bits per heavy atom. The van der Waals surface area contributed by atoms with Crippen LogP contribution in [0.5, 0.6) is 0 Å². The van der Waals surface area contributed by atoms with Gasteiger partial charge in [-0.2, -0.15) is 0 Å². The molecule has 0 heterocycles. The monoisotopic (exact) mass is 218 g/mol. The molecule has 0 saturated heterocycles. The van der Waals surface area contributed by atoms with Gasteiger partial charge in [0.25, 0.3) is 0 Å². The van der Waals surface area contributed by atoms with Crippen molar-refractivity contribution in [2.24, 2.45) is 0 Å². The van der Waals surface area contributed by atoms with Crippen LogP contribution in [0.3, 0.4) is 0 Å². The minimum atomic E-state index is -3.46. The quantitative estimate of drug-likeness (QED) is 0.446. The van der Waals surface area contributed by atoms with E-state index in [0.29, 0.717) is 6.42 Å². The number of sulfonamides is 1. The van der Waals surface area contributed by atoms with E-state index >= 15 is 0 Å². The largest absolute Gasteiger partial charge is 0.298 e. The number of carbonyl (C=O) groups excluding carboxylic acids is 1. The highest BCUT2D eigenvalue weighted by Crippen LogP contribution is 1.87. The zero-order valence-electron chi connectivity index (χ0n) is 8.04. The molecule has 0 fully saturated rings. The minimum absolute atomic E-state index is 0.0477. The molecule has 0 unspecified atom stereocenters. The van der Waals surface area contributed by atoms with E-state index in [0.717, 1.165) is 0 Å². The molecule has 0 aliphatic heterocycles. The summed E-state index contributed by atoms with van der Waals surface area (Å²) in [4.78, 5) is 11.0. The molecule has 80 valence electrons. The van der Waals surface area contributed by atoms with Gasteiger partial charge in [-0.05, 0) is 6.42 Å². The van der Waals surface area contributed by atoms with Gasteiger partial charge in [0, 0.05) is 0 Å². The lowest BCUT2D eigenvalue weighted by molar-refractivity contribution is -0.118. The molecule has 0 aliphatic rings. The Kier molecular flexibility index (Phi) is 5.92. The van der Waals surface area contributed by atoms with Gasteiger partial charge < -0.3 is 0 Å². The maximum absolute atomic E-state index is 11.1. The fourth-order valence-electron chi connectivity index (χ4n) is 0.777. The second-order valence-electron chi connectivity index (χ2n) is 2.65. The second kappa shape index (κ2) is 6.40. The molecule has 0 aliphatic carbocycles. The number of carbonyl (C=O) groups is 1. The van der Waals surface area contributed by atoms with Crippen molar-refractivity contribution in [3.05, 3.63) is 0 Å². The first-order valence-corrected chi connectivity index (χ1v) is 5.84. The van der Waals surface area contributed by atoms with Crippen LogP contribution in [0.2, 0.25) is 0 Å². The van der Waals surface area contributed by atoms with Crippen molar-refractivity contribution in [3.63, 3.8) is 0 Å². The number of nitrogens with one attached hydrogen (secondary N) is 2. The van der Waals surface area contributed by atoms with Crippen LogP contribution < -0.4 is 10.0 Å². The van der Waals surface area contributed by atoms with Gasteiger partial charge in [0.15, 0.2) is 0 Å². The average molecular weight is 218 g/mol. The Hall–Kier alpha value is -1.06. The molecule has 0 atom stereocenters. The summed E-state index contributed by atoms with van der Waals surface area (Å²) in [5.74, 6) is 1.63. The van der Waals surface area contributed by atoms with E-state index in [2.05, 4.69) is 11.2 Å². The maximum atomic E-state index is 11.1. The van der Waals surface area contributed by atoms with Gasteiger partial charge >= 0.3 is 0 Å². The molecular formula is C8H14N2O3S. The van der Waals surface area contributed by atoms with Crippen molar-refractivity contribution < 1.29 is 13.2 Å². The number of amides is 1. The van der Waals surface area contributed by atoms with Crippen LogP contribution in [0.1, 0.15) is 13.3 Å². The third-order valence-electron chi connectivity index (χ3n) is 1.25. The standard InChI is InChI=1S/C8H14N2O3S/c1-3-5-9-7-8(11)10-14(12,13)6-4-2/h1,9H,4-7H2,2H3,(H,10,11). The van der Waals surface area contributed by atoms with E-state index in [4.69, 9.17) is 6.42 Å². The molecule has 1 amide bonds. The Morgan fingerprint density at radius 2 is 2.14 bits per heavy atom. The van der Waals surface area contributed by atoms with Gasteiger partial charge in [-0.3, -0.25) is 14.8 Å². The molecule has 0 saturated carbocycles. The van der Waals surface area contributed by atoms with E-state index in [-0.39, 0.29) is 18.8 Å². The lowest BCUT2D eigenvalue weighted by Gasteiger charge is -2.05. The molecule has 0 spiro atoms. The molecule has 0 aromatic heterocycles. The lowest BCUT2D eigenvalue weighted by Crippen LogP contribution is -2.38. The van der Waals surface area contributed by atoms with Crippen LogP contribution >= 0.6 is 0 Å². The van der Waals surface area contributed by atoms with Crippen molar-refractivity contribution >= 4 is 15.9 Å². The van der Waals surface area contributed by atoms with Gasteiger partial charge in [0.05, 0.1) is 18.8 Å². The first kappa shape index (κ1) is 12.9. The van der Waals surface area contributed by atoms with Crippen LogP contribution in [0, 0.1) is 12.3 Å². The number of rotatable bonds is 6. The molecule has 2 N–H and O–H groups in total. The summed E-state index contributed by atoms with van der Waals surface area (Å²) in [5.41, 5.74) is 0. The van der Waals surface area contributed by atoms with Crippen molar-refractivity contribution in [3.8, 4) is 12.3 Å². The van der Waals surface area contributed by atoms with E-state index < -0.39 is 15.9 Å². The molecule has 0 aromatic rings. The van der Waals surface area contributed by atoms with E-state index in [1.165, 1.54) is 0 Å². The number of terminal acetylenes is 1. The second-order valence-corrected chi connectivity index (χ2v) is 4.49. The van der Waals surface area contributed by atoms with Gasteiger partial charge in [0.2, 0.25) is 15.9 Å². The molecule has 0 radical (unpaired) electrons. The van der Waals surface area contributed by atoms with Crippen LogP contribution in [-0.4, -0.2) is 33.2 Å². The fourth-order valence-corrected chi connectivity index (χ4v) is 1.84. The summed E-state index contributed by atoms with van der Waals surface area (Å²) in [6, 6.07) is 0. The highest BCUT2D eigenvalue weighted by atomic mass is 32.2. The average Bonchev–Trinajstić information content (AvgIpc) is 2.03. The zero-order chi connectivity index (χ0) is 11.0. The van der Waals surface area contributed by atoms with E-state index in [1.807, 2.05) is 4.72 Å². The van der Waals surface area contributed by atoms with Gasteiger partial charge in [-0.25, -0.2) is 8.42 Å². The molecular weight excluding hydrogens is 204 g/mol. The van der Waals surface area contributed by atoms with Crippen molar-refractivity contribution in [1.82, 2.24) is 10.0 Å². The van der Waals surface area contributed by atoms with Crippen molar-refractivity contribution in [2.75, 3.05) is 18.8 Å². The first-order chi connectivity index (χ1) is 6.52. The molecule has 0 bridgehead atoms. The summed E-state index contributed by atoms with van der Waals surface area (Å²) in [5, 5.41) is 2.59. The highest BCUT2D eigenvalue weighted by molar-refractivity contribution is 7.90. The normalized spacial score (nSPS) is 10.6. The Balaban J connectivity index is 3.89. The predicted octanol–water partition coefficient (Wildman–Crippen LogP) is -0.935. The SMILES string of the molecule is C#CCNCC(=O)NS(=O)(=O)CCC. The number of hydrogen-bond donors (Lipinski definition) is 2. The smallest absolute Gasteiger partial charge is 0.247 e. The third-order valence-corrected chi connectivity index (χ3v) is 2.74. The Bertz CT molecular complexity index is 316. The minimum Gasteiger partial charge on any atom is -0.298 e. The maximum Gasteiger partial charge on any atom is 0.247 e. The van der Waals surface area contributed by atoms with Crippen LogP contribution in [0.4, 0.5) is 0 Å². The van der Waals surface area contributed by atoms with Crippen LogP contribution in [0.15, 0.2) is 0 Å². The van der Waals surface area contributed by atoms with Gasteiger partial charge in [-0.15, -0.1) is 6.42 Å². The molecule has 6 heteroatoms. The summed E-state index contributed by atoms with van der Waals surface area (Å²) in [6.45, 7) is 1.87. The predicted molar refractivity (Wildman–Crippen MR) is 53.9 cm³/mol. The Labute approximate surface area is 84.3 Å². The summed E-state index contributed by atoms with van der Waals surface area (Å²) < 4.78 is 24.1. The van der Waals surface area contributed by atoms with Crippen LogP contribution in [0.25, 0.3) is 0 Å². The van der Waals surface area contributed by atoms with Crippen LogP contribution in [-0.2, 0) is 14.8 Å². The lowest BCUT2D eigenvalue weighted by atomic mass is 10.6. The van der Waals surface area contributed by atoms with E-state index in [1.54, 1.807) is 6.92 Å². The Morgan fingerprint density at radius 3 is 2.64 bits per heavy atom. The summed E-state index contributed by atoms with van der Waals surface area (Å²) >= 11 is 0. The van der Waals surface area contributed by atoms with Crippen molar-refractivity contribution in [2.45, 2.75) is 13.3 Å². The molecule has 0 rings (SSSR count). The zero-order valence-corrected chi connectivity index (χ0v) is 8.86. The summed E-state index contributed by atoms with van der Waals surface area (Å²) in [6.07, 6.45) is 5.40. The highest BCUT2D eigenvalue weighted by Gasteiger charge is 2.12. The van der Waals surface area contributed by atoms with Gasteiger partial charge in [-0.1, -0.05) is 12.8 Å². The number of hydrogen-bond acceptors (Lipinski definition) is 4. The first-order valence-electron chi connectivity index (χ1n) is 4.19. The van der Waals surface area contributed by atoms with Crippen molar-refractivity contribution in [1.29, 1.82) is 0 Å². The summed E-state index contributed by atoms with van der Waals surface area (Å²) in [7, 11) is -3.46. The molecule has 5 nitrogen and oxygen atoms in total. The fraction of sp³-hybridized carbons (Fsp3) is 0.625. The molecule has 14 heavy (non-hydrogen) atoms. The van der Waals surface area contributed by atoms with Gasteiger partial charge in [0.1, 0.15) is 0 Å². The molecule has 0 aromatic carbocycles. The topological polar surface area (TPSA) is 75.3 Å².